The summed E-state index contributed by atoms with van der Waals surface area (Å²) in [6.07, 6.45) is 2.04. The Balaban J connectivity index is 1.17. The first-order chi connectivity index (χ1) is 16.5. The fourth-order valence-electron chi connectivity index (χ4n) is 5.03. The van der Waals surface area contributed by atoms with Crippen LogP contribution in [0.2, 0.25) is 0 Å². The third-order valence-electron chi connectivity index (χ3n) is 6.83. The van der Waals surface area contributed by atoms with Crippen molar-refractivity contribution in [2.45, 2.75) is 24.6 Å². The van der Waals surface area contributed by atoms with Crippen LogP contribution in [0.25, 0.3) is 0 Å². The van der Waals surface area contributed by atoms with E-state index >= 15 is 0 Å². The molecular weight excluding hydrogens is 454 g/mol. The van der Waals surface area contributed by atoms with Crippen LogP contribution in [0, 0.1) is 0 Å². The molecule has 2 aromatic rings. The fraction of sp³-hybridized carbons (Fsp3) is 0.480. The number of benzene rings is 2. The number of fused-ring (bicyclic) bond motifs is 1. The van der Waals surface area contributed by atoms with Gasteiger partial charge in [0.2, 0.25) is 15.9 Å². The molecular formula is C25H31N3O5S. The highest BCUT2D eigenvalue weighted by atomic mass is 32.2. The molecule has 0 aromatic heterocycles. The summed E-state index contributed by atoms with van der Waals surface area (Å²) < 4.78 is 38.5. The molecule has 3 heterocycles. The van der Waals surface area contributed by atoms with Crippen LogP contribution >= 0.6 is 0 Å². The van der Waals surface area contributed by atoms with Gasteiger partial charge in [-0.1, -0.05) is 36.4 Å². The maximum absolute atomic E-state index is 13.1. The minimum atomic E-state index is -3.40. The number of carbonyl (C=O) groups is 1. The van der Waals surface area contributed by atoms with E-state index in [0.29, 0.717) is 45.9 Å². The van der Waals surface area contributed by atoms with Crippen molar-refractivity contribution in [2.24, 2.45) is 0 Å². The van der Waals surface area contributed by atoms with Crippen molar-refractivity contribution in [2.75, 3.05) is 52.5 Å². The average Bonchev–Trinajstić information content (AvgIpc) is 3.32. The van der Waals surface area contributed by atoms with E-state index < -0.39 is 10.0 Å². The van der Waals surface area contributed by atoms with E-state index in [0.717, 1.165) is 42.0 Å². The van der Waals surface area contributed by atoms with Gasteiger partial charge in [0.25, 0.3) is 0 Å². The summed E-state index contributed by atoms with van der Waals surface area (Å²) >= 11 is 0. The number of hydrogen-bond donors (Lipinski definition) is 0. The number of carbonyl (C=O) groups excluding carboxylic acids is 1. The maximum Gasteiger partial charge on any atom is 0.236 e. The number of rotatable bonds is 6. The molecule has 0 N–H and O–H groups in total. The van der Waals surface area contributed by atoms with Gasteiger partial charge in [0.1, 0.15) is 13.2 Å². The molecule has 1 amide bonds. The second-order valence-electron chi connectivity index (χ2n) is 9.05. The highest BCUT2D eigenvalue weighted by Crippen LogP contribution is 2.38. The monoisotopic (exact) mass is 485 g/mol. The third-order valence-corrected chi connectivity index (χ3v) is 8.68. The Kier molecular flexibility index (Phi) is 6.76. The van der Waals surface area contributed by atoms with E-state index in [-0.39, 0.29) is 17.7 Å². The molecule has 0 aliphatic carbocycles. The van der Waals surface area contributed by atoms with Gasteiger partial charge < -0.3 is 14.4 Å². The lowest BCUT2D eigenvalue weighted by Crippen LogP contribution is -2.52. The van der Waals surface area contributed by atoms with Gasteiger partial charge in [-0.05, 0) is 42.6 Å². The van der Waals surface area contributed by atoms with Crippen molar-refractivity contribution < 1.29 is 22.7 Å². The van der Waals surface area contributed by atoms with Gasteiger partial charge >= 0.3 is 0 Å². The molecule has 1 atom stereocenters. The predicted molar refractivity (Wildman–Crippen MR) is 128 cm³/mol. The highest BCUT2D eigenvalue weighted by Gasteiger charge is 2.33. The van der Waals surface area contributed by atoms with Crippen molar-refractivity contribution in [1.29, 1.82) is 0 Å². The summed E-state index contributed by atoms with van der Waals surface area (Å²) in [5.74, 6) is 1.60. The summed E-state index contributed by atoms with van der Waals surface area (Å²) in [7, 11) is -3.40. The topological polar surface area (TPSA) is 79.4 Å². The van der Waals surface area contributed by atoms with Crippen LogP contribution in [0.15, 0.2) is 48.5 Å². The Hall–Kier alpha value is -2.62. The van der Waals surface area contributed by atoms with Gasteiger partial charge in [-0.2, -0.15) is 4.31 Å². The molecule has 9 heteroatoms. The number of piperazine rings is 1. The standard InChI is InChI=1S/C25H31N3O5S/c29-25(26-11-13-28(14-12-26)34(30,31)19-20-5-2-1-3-6-20)18-27-10-4-7-22(27)21-8-9-23-24(17-21)33-16-15-32-23/h1-3,5-6,8-9,17,22H,4,7,10-16,18-19H2/t22-/m1/s1. The Morgan fingerprint density at radius 2 is 1.65 bits per heavy atom. The minimum absolute atomic E-state index is 0.00717. The van der Waals surface area contributed by atoms with E-state index in [9.17, 15) is 13.2 Å². The highest BCUT2D eigenvalue weighted by molar-refractivity contribution is 7.88. The third kappa shape index (κ3) is 5.06. The van der Waals surface area contributed by atoms with E-state index in [1.807, 2.05) is 42.5 Å². The fourth-order valence-corrected chi connectivity index (χ4v) is 6.54. The number of amides is 1. The first-order valence-corrected chi connectivity index (χ1v) is 13.5. The van der Waals surface area contributed by atoms with Crippen LogP contribution in [0.5, 0.6) is 11.5 Å². The van der Waals surface area contributed by atoms with Crippen molar-refractivity contribution in [3.8, 4) is 11.5 Å². The Morgan fingerprint density at radius 1 is 0.912 bits per heavy atom. The largest absolute Gasteiger partial charge is 0.486 e. The van der Waals surface area contributed by atoms with Crippen LogP contribution in [-0.2, 0) is 20.6 Å². The molecule has 2 saturated heterocycles. The molecule has 2 aromatic carbocycles. The second-order valence-corrected chi connectivity index (χ2v) is 11.0. The van der Waals surface area contributed by atoms with Crippen LogP contribution < -0.4 is 9.47 Å². The van der Waals surface area contributed by atoms with Crippen molar-refractivity contribution in [3.63, 3.8) is 0 Å². The number of hydrogen-bond acceptors (Lipinski definition) is 6. The molecule has 2 fully saturated rings. The number of nitrogens with zero attached hydrogens (tertiary/aromatic N) is 3. The van der Waals surface area contributed by atoms with Gasteiger partial charge in [0.15, 0.2) is 11.5 Å². The van der Waals surface area contributed by atoms with Crippen molar-refractivity contribution in [3.05, 3.63) is 59.7 Å². The number of ether oxygens (including phenoxy) is 2. The molecule has 182 valence electrons. The van der Waals surface area contributed by atoms with Crippen molar-refractivity contribution >= 4 is 15.9 Å². The van der Waals surface area contributed by atoms with Crippen LogP contribution in [0.4, 0.5) is 0 Å². The molecule has 0 unspecified atom stereocenters. The molecule has 0 spiro atoms. The van der Waals surface area contributed by atoms with Gasteiger partial charge in [0, 0.05) is 32.2 Å². The molecule has 0 radical (unpaired) electrons. The van der Waals surface area contributed by atoms with Gasteiger partial charge in [0.05, 0.1) is 12.3 Å². The number of likely N-dealkylation sites (tertiary alicyclic amines) is 1. The second kappa shape index (κ2) is 9.93. The lowest BCUT2D eigenvalue weighted by Gasteiger charge is -2.35. The summed E-state index contributed by atoms with van der Waals surface area (Å²) in [4.78, 5) is 17.1. The summed E-state index contributed by atoms with van der Waals surface area (Å²) in [5, 5.41) is 0. The SMILES string of the molecule is O=C(CN1CCC[C@@H]1c1ccc2c(c1)OCCO2)N1CCN(S(=O)(=O)Cc2ccccc2)CC1. The first kappa shape index (κ1) is 23.1. The van der Waals surface area contributed by atoms with Gasteiger partial charge in [-0.25, -0.2) is 8.42 Å². The maximum atomic E-state index is 13.1. The molecule has 5 rings (SSSR count). The molecule has 0 bridgehead atoms. The molecule has 8 nitrogen and oxygen atoms in total. The lowest BCUT2D eigenvalue weighted by molar-refractivity contribution is -0.133. The van der Waals surface area contributed by atoms with E-state index in [2.05, 4.69) is 11.0 Å². The quantitative estimate of drug-likeness (QED) is 0.625. The average molecular weight is 486 g/mol. The molecule has 3 aliphatic heterocycles. The Morgan fingerprint density at radius 3 is 2.41 bits per heavy atom. The molecule has 34 heavy (non-hydrogen) atoms. The van der Waals surface area contributed by atoms with Crippen LogP contribution in [0.3, 0.4) is 0 Å². The summed E-state index contributed by atoms with van der Waals surface area (Å²) in [6.45, 7) is 3.86. The van der Waals surface area contributed by atoms with E-state index in [1.165, 1.54) is 4.31 Å². The van der Waals surface area contributed by atoms with Gasteiger partial charge in [-0.15, -0.1) is 0 Å². The molecule has 0 saturated carbocycles. The number of sulfonamides is 1. The van der Waals surface area contributed by atoms with Gasteiger partial charge in [-0.3, -0.25) is 9.69 Å². The zero-order valence-electron chi connectivity index (χ0n) is 19.3. The normalized spacial score (nSPS) is 21.5. The van der Waals surface area contributed by atoms with E-state index in [4.69, 9.17) is 9.47 Å². The minimum Gasteiger partial charge on any atom is -0.486 e. The Bertz CT molecular complexity index is 1120. The zero-order chi connectivity index (χ0) is 23.5. The van der Waals surface area contributed by atoms with Crippen molar-refractivity contribution in [1.82, 2.24) is 14.1 Å². The lowest BCUT2D eigenvalue weighted by atomic mass is 10.0. The zero-order valence-corrected chi connectivity index (χ0v) is 20.1. The van der Waals surface area contributed by atoms with Crippen LogP contribution in [-0.4, -0.2) is 80.9 Å². The van der Waals surface area contributed by atoms with E-state index in [1.54, 1.807) is 4.90 Å². The predicted octanol–water partition coefficient (Wildman–Crippen LogP) is 2.27. The summed E-state index contributed by atoms with van der Waals surface area (Å²) in [5.41, 5.74) is 1.92. The summed E-state index contributed by atoms with van der Waals surface area (Å²) in [6, 6.07) is 15.5. The van der Waals surface area contributed by atoms with Crippen LogP contribution in [0.1, 0.15) is 30.0 Å². The molecule has 3 aliphatic rings. The Labute approximate surface area is 201 Å². The first-order valence-electron chi connectivity index (χ1n) is 11.9. The smallest absolute Gasteiger partial charge is 0.236 e.